The zero-order valence-electron chi connectivity index (χ0n) is 14.5. The van der Waals surface area contributed by atoms with Crippen LogP contribution in [0.3, 0.4) is 0 Å². The number of benzene rings is 2. The van der Waals surface area contributed by atoms with E-state index in [1.54, 1.807) is 7.11 Å². The number of aryl methyl sites for hydroxylation is 1. The molecule has 0 radical (unpaired) electrons. The van der Waals surface area contributed by atoms with Gasteiger partial charge in [-0.2, -0.15) is 11.8 Å². The van der Waals surface area contributed by atoms with E-state index in [4.69, 9.17) is 4.74 Å². The van der Waals surface area contributed by atoms with Crippen LogP contribution in [0.2, 0.25) is 0 Å². The number of methoxy groups -OCH3 is 1. The molecule has 0 amide bonds. The molecule has 0 saturated carbocycles. The van der Waals surface area contributed by atoms with E-state index in [0.29, 0.717) is 5.25 Å². The van der Waals surface area contributed by atoms with Gasteiger partial charge in [-0.3, -0.25) is 0 Å². The summed E-state index contributed by atoms with van der Waals surface area (Å²) < 4.78 is 7.43. The number of aromatic nitrogens is 2. The largest absolute Gasteiger partial charge is 0.497 e. The van der Waals surface area contributed by atoms with Crippen LogP contribution in [0, 0.1) is 0 Å². The van der Waals surface area contributed by atoms with Crippen LogP contribution < -0.4 is 4.74 Å². The third kappa shape index (κ3) is 5.40. The number of nitrogens with zero attached hydrogens (tertiary/aromatic N) is 2. The average Bonchev–Trinajstić information content (AvgIpc) is 3.18. The van der Waals surface area contributed by atoms with Gasteiger partial charge >= 0.3 is 0 Å². The quantitative estimate of drug-likeness (QED) is 0.507. The van der Waals surface area contributed by atoms with Crippen molar-refractivity contribution in [1.82, 2.24) is 9.55 Å². The smallest absolute Gasteiger partial charge is 0.118 e. The molecule has 130 valence electrons. The van der Waals surface area contributed by atoms with Crippen LogP contribution in [0.25, 0.3) is 0 Å². The first-order valence-electron chi connectivity index (χ1n) is 8.60. The lowest BCUT2D eigenvalue weighted by Crippen LogP contribution is -2.06. The van der Waals surface area contributed by atoms with E-state index >= 15 is 0 Å². The molecule has 4 heteroatoms. The Labute approximate surface area is 154 Å². The van der Waals surface area contributed by atoms with Crippen molar-refractivity contribution in [2.45, 2.75) is 24.6 Å². The third-order valence-corrected chi connectivity index (χ3v) is 5.54. The summed E-state index contributed by atoms with van der Waals surface area (Å²) in [6.07, 6.45) is 8.08. The molecule has 3 nitrogen and oxygen atoms in total. The molecule has 3 rings (SSSR count). The predicted molar refractivity (Wildman–Crippen MR) is 105 cm³/mol. The predicted octanol–water partition coefficient (Wildman–Crippen LogP) is 5.00. The number of ether oxygens (including phenoxy) is 1. The monoisotopic (exact) mass is 352 g/mol. The molecule has 0 spiro atoms. The molecule has 0 aliphatic rings. The van der Waals surface area contributed by atoms with Crippen LogP contribution in [-0.4, -0.2) is 22.4 Å². The van der Waals surface area contributed by atoms with Gasteiger partial charge < -0.3 is 9.30 Å². The summed E-state index contributed by atoms with van der Waals surface area (Å²) >= 11 is 2.02. The van der Waals surface area contributed by atoms with Gasteiger partial charge in [-0.05, 0) is 41.9 Å². The maximum absolute atomic E-state index is 5.28. The van der Waals surface area contributed by atoms with Gasteiger partial charge in [0.05, 0.1) is 13.4 Å². The zero-order valence-corrected chi connectivity index (χ0v) is 15.4. The summed E-state index contributed by atoms with van der Waals surface area (Å²) in [5, 5.41) is 0.413. The highest BCUT2D eigenvalue weighted by atomic mass is 32.2. The van der Waals surface area contributed by atoms with E-state index in [0.717, 1.165) is 24.5 Å². The topological polar surface area (TPSA) is 27.1 Å². The molecule has 1 heterocycles. The second kappa shape index (κ2) is 9.33. The fraction of sp³-hybridized carbons (Fsp3) is 0.286. The third-order valence-electron chi connectivity index (χ3n) is 4.20. The van der Waals surface area contributed by atoms with Crippen molar-refractivity contribution in [2.24, 2.45) is 0 Å². The lowest BCUT2D eigenvalue weighted by molar-refractivity contribution is 0.414. The second-order valence-corrected chi connectivity index (χ2v) is 7.29. The first-order chi connectivity index (χ1) is 12.3. The normalized spacial score (nSPS) is 12.0. The standard InChI is InChI=1S/C21H24N2OS/c1-24-20-11-9-19(10-12-20)21(16-23-14-13-22-17-23)25-15-5-8-18-6-3-2-4-7-18/h2-4,6-7,9-14,17,21H,5,8,15-16H2,1H3. The van der Waals surface area contributed by atoms with Gasteiger partial charge in [-0.1, -0.05) is 42.5 Å². The summed E-state index contributed by atoms with van der Waals surface area (Å²) in [6, 6.07) is 19.1. The molecule has 2 aromatic carbocycles. The number of imidazole rings is 1. The van der Waals surface area contributed by atoms with Crippen molar-refractivity contribution in [3.8, 4) is 5.75 Å². The molecule has 0 bridgehead atoms. The number of hydrogen-bond donors (Lipinski definition) is 0. The van der Waals surface area contributed by atoms with Gasteiger partial charge in [-0.25, -0.2) is 4.98 Å². The Morgan fingerprint density at radius 2 is 1.88 bits per heavy atom. The lowest BCUT2D eigenvalue weighted by Gasteiger charge is -2.18. The minimum absolute atomic E-state index is 0.413. The zero-order chi connectivity index (χ0) is 17.3. The Bertz CT molecular complexity index is 726. The maximum atomic E-state index is 5.28. The Kier molecular flexibility index (Phi) is 6.57. The van der Waals surface area contributed by atoms with Crippen molar-refractivity contribution in [3.63, 3.8) is 0 Å². The van der Waals surface area contributed by atoms with E-state index < -0.39 is 0 Å². The van der Waals surface area contributed by atoms with E-state index in [9.17, 15) is 0 Å². The fourth-order valence-electron chi connectivity index (χ4n) is 2.81. The number of hydrogen-bond acceptors (Lipinski definition) is 3. The highest BCUT2D eigenvalue weighted by molar-refractivity contribution is 7.99. The summed E-state index contributed by atoms with van der Waals surface area (Å²) in [6.45, 7) is 0.933. The molecular formula is C21H24N2OS. The van der Waals surface area contributed by atoms with Gasteiger partial charge in [-0.15, -0.1) is 0 Å². The van der Waals surface area contributed by atoms with Crippen molar-refractivity contribution in [1.29, 1.82) is 0 Å². The molecule has 0 N–H and O–H groups in total. The van der Waals surface area contributed by atoms with Crippen LogP contribution in [0.15, 0.2) is 73.3 Å². The second-order valence-electron chi connectivity index (χ2n) is 5.98. The highest BCUT2D eigenvalue weighted by Gasteiger charge is 2.13. The summed E-state index contributed by atoms with van der Waals surface area (Å²) in [5.41, 5.74) is 2.75. The molecule has 1 atom stereocenters. The van der Waals surface area contributed by atoms with Gasteiger partial charge in [0.1, 0.15) is 5.75 Å². The van der Waals surface area contributed by atoms with Crippen molar-refractivity contribution >= 4 is 11.8 Å². The van der Waals surface area contributed by atoms with Gasteiger partial charge in [0.25, 0.3) is 0 Å². The Morgan fingerprint density at radius 1 is 1.08 bits per heavy atom. The molecule has 0 aliphatic heterocycles. The average molecular weight is 353 g/mol. The first kappa shape index (κ1) is 17.6. The van der Waals surface area contributed by atoms with Crippen LogP contribution in [0.4, 0.5) is 0 Å². The Morgan fingerprint density at radius 3 is 2.56 bits per heavy atom. The van der Waals surface area contributed by atoms with Crippen molar-refractivity contribution in [2.75, 3.05) is 12.9 Å². The molecule has 0 aliphatic carbocycles. The van der Waals surface area contributed by atoms with E-state index in [-0.39, 0.29) is 0 Å². The van der Waals surface area contributed by atoms with E-state index in [1.807, 2.05) is 42.6 Å². The lowest BCUT2D eigenvalue weighted by atomic mass is 10.1. The van der Waals surface area contributed by atoms with Crippen LogP contribution >= 0.6 is 11.8 Å². The highest BCUT2D eigenvalue weighted by Crippen LogP contribution is 2.32. The molecule has 3 aromatic rings. The van der Waals surface area contributed by atoms with Gasteiger partial charge in [0.2, 0.25) is 0 Å². The summed E-state index contributed by atoms with van der Waals surface area (Å²) in [4.78, 5) is 4.17. The van der Waals surface area contributed by atoms with Gasteiger partial charge in [0.15, 0.2) is 0 Å². The fourth-order valence-corrected chi connectivity index (χ4v) is 4.03. The molecule has 0 fully saturated rings. The molecule has 1 aromatic heterocycles. The summed E-state index contributed by atoms with van der Waals surface area (Å²) in [5.74, 6) is 2.04. The molecule has 25 heavy (non-hydrogen) atoms. The number of thioether (sulfide) groups is 1. The Hall–Kier alpha value is -2.20. The molecule has 0 saturated heterocycles. The molecule has 1 unspecified atom stereocenters. The van der Waals surface area contributed by atoms with Gasteiger partial charge in [0, 0.05) is 24.2 Å². The number of rotatable bonds is 9. The molecular weight excluding hydrogens is 328 g/mol. The van der Waals surface area contributed by atoms with Crippen LogP contribution in [0.1, 0.15) is 22.8 Å². The van der Waals surface area contributed by atoms with Crippen molar-refractivity contribution < 1.29 is 4.74 Å². The maximum Gasteiger partial charge on any atom is 0.118 e. The van der Waals surface area contributed by atoms with Crippen LogP contribution in [0.5, 0.6) is 5.75 Å². The van der Waals surface area contributed by atoms with E-state index in [1.165, 1.54) is 17.5 Å². The minimum Gasteiger partial charge on any atom is -0.497 e. The van der Waals surface area contributed by atoms with Crippen molar-refractivity contribution in [3.05, 3.63) is 84.4 Å². The minimum atomic E-state index is 0.413. The first-order valence-corrected chi connectivity index (χ1v) is 9.65. The Balaban J connectivity index is 1.59. The summed E-state index contributed by atoms with van der Waals surface area (Å²) in [7, 11) is 1.70. The SMILES string of the molecule is COc1ccc(C(Cn2ccnc2)SCCCc2ccccc2)cc1. The van der Waals surface area contributed by atoms with Crippen LogP contribution in [-0.2, 0) is 13.0 Å². The van der Waals surface area contributed by atoms with E-state index in [2.05, 4.69) is 52.0 Å².